The summed E-state index contributed by atoms with van der Waals surface area (Å²) < 4.78 is 13.9. The van der Waals surface area contributed by atoms with Crippen LogP contribution in [0.2, 0.25) is 0 Å². The normalized spacial score (nSPS) is 18.2. The lowest BCUT2D eigenvalue weighted by atomic mass is 10.0. The smallest absolute Gasteiger partial charge is 0.137 e. The molecule has 0 saturated heterocycles. The number of hydrogen-bond donors (Lipinski definition) is 1. The number of nitrogens with one attached hydrogen (secondary N) is 1. The quantitative estimate of drug-likeness (QED) is 0.877. The fourth-order valence-electron chi connectivity index (χ4n) is 1.84. The average molecular weight is 258 g/mol. The van der Waals surface area contributed by atoms with E-state index in [1.165, 1.54) is 18.9 Å². The van der Waals surface area contributed by atoms with Gasteiger partial charge in [-0.2, -0.15) is 0 Å². The molecule has 2 rings (SSSR count). The van der Waals surface area contributed by atoms with Crippen LogP contribution in [-0.2, 0) is 0 Å². The van der Waals surface area contributed by atoms with Crippen molar-refractivity contribution in [1.82, 2.24) is 5.32 Å². The molecule has 1 aliphatic rings. The van der Waals surface area contributed by atoms with Gasteiger partial charge in [-0.25, -0.2) is 4.39 Å². The van der Waals surface area contributed by atoms with Gasteiger partial charge < -0.3 is 5.32 Å². The second-order valence-corrected chi connectivity index (χ2v) is 4.54. The van der Waals surface area contributed by atoms with E-state index in [4.69, 9.17) is 0 Å². The zero-order valence-corrected chi connectivity index (χ0v) is 9.64. The highest BCUT2D eigenvalue weighted by Gasteiger charge is 2.32. The molecule has 0 spiro atoms. The minimum Gasteiger partial charge on any atom is -0.313 e. The molecule has 1 atom stereocenters. The van der Waals surface area contributed by atoms with Crippen LogP contribution >= 0.6 is 15.9 Å². The summed E-state index contributed by atoms with van der Waals surface area (Å²) in [6.07, 6.45) is 2.49. The first-order valence-corrected chi connectivity index (χ1v) is 5.64. The fraction of sp³-hybridized carbons (Fsp3) is 0.455. The number of halogens is 2. The summed E-state index contributed by atoms with van der Waals surface area (Å²) in [5, 5.41) is 3.25. The molecule has 1 unspecified atom stereocenters. The molecule has 1 N–H and O–H groups in total. The lowest BCUT2D eigenvalue weighted by Gasteiger charge is -2.17. The predicted molar refractivity (Wildman–Crippen MR) is 58.6 cm³/mol. The maximum atomic E-state index is 13.3. The van der Waals surface area contributed by atoms with Crippen molar-refractivity contribution in [3.05, 3.63) is 34.1 Å². The summed E-state index contributed by atoms with van der Waals surface area (Å²) in [5.74, 6) is 0.501. The maximum Gasteiger partial charge on any atom is 0.137 e. The van der Waals surface area contributed by atoms with Gasteiger partial charge in [0.1, 0.15) is 5.82 Å². The second kappa shape index (κ2) is 3.99. The van der Waals surface area contributed by atoms with E-state index >= 15 is 0 Å². The Morgan fingerprint density at radius 3 is 2.79 bits per heavy atom. The molecule has 1 saturated carbocycles. The Labute approximate surface area is 91.8 Å². The zero-order chi connectivity index (χ0) is 10.1. The van der Waals surface area contributed by atoms with Crippen molar-refractivity contribution >= 4 is 15.9 Å². The molecule has 1 aromatic carbocycles. The van der Waals surface area contributed by atoms with Crippen molar-refractivity contribution < 1.29 is 4.39 Å². The van der Waals surface area contributed by atoms with E-state index in [-0.39, 0.29) is 5.82 Å². The van der Waals surface area contributed by atoms with Gasteiger partial charge in [0.25, 0.3) is 0 Å². The molecular formula is C11H13BrFN. The Bertz CT molecular complexity index is 336. The molecule has 1 nitrogen and oxygen atoms in total. The summed E-state index contributed by atoms with van der Waals surface area (Å²) in [5.41, 5.74) is 1.04. The third-order valence-electron chi connectivity index (χ3n) is 2.72. The number of hydrogen-bond acceptors (Lipinski definition) is 1. The average Bonchev–Trinajstić information content (AvgIpc) is 2.97. The largest absolute Gasteiger partial charge is 0.313 e. The highest BCUT2D eigenvalue weighted by atomic mass is 79.9. The number of benzene rings is 1. The maximum absolute atomic E-state index is 13.3. The molecule has 1 fully saturated rings. The molecule has 3 heteroatoms. The van der Waals surface area contributed by atoms with E-state index in [1.807, 2.05) is 13.1 Å². The Balaban J connectivity index is 2.33. The molecule has 14 heavy (non-hydrogen) atoms. The van der Waals surface area contributed by atoms with Crippen LogP contribution in [0.25, 0.3) is 0 Å². The van der Waals surface area contributed by atoms with E-state index < -0.39 is 0 Å². The lowest BCUT2D eigenvalue weighted by molar-refractivity contribution is 0.519. The van der Waals surface area contributed by atoms with Gasteiger partial charge in [-0.3, -0.25) is 0 Å². The Morgan fingerprint density at radius 2 is 2.21 bits per heavy atom. The molecule has 0 bridgehead atoms. The summed E-state index contributed by atoms with van der Waals surface area (Å²) in [6.45, 7) is 0. The van der Waals surface area contributed by atoms with Crippen molar-refractivity contribution in [2.24, 2.45) is 5.92 Å². The third kappa shape index (κ3) is 1.84. The van der Waals surface area contributed by atoms with Crippen LogP contribution in [0.15, 0.2) is 22.7 Å². The minimum atomic E-state index is -0.177. The van der Waals surface area contributed by atoms with Gasteiger partial charge in [0.15, 0.2) is 0 Å². The monoisotopic (exact) mass is 257 g/mol. The first kappa shape index (κ1) is 10.1. The molecule has 0 aliphatic heterocycles. The van der Waals surface area contributed by atoms with Crippen molar-refractivity contribution in [2.75, 3.05) is 7.05 Å². The fourth-order valence-corrected chi connectivity index (χ4v) is 2.35. The summed E-state index contributed by atoms with van der Waals surface area (Å²) in [7, 11) is 1.93. The van der Waals surface area contributed by atoms with E-state index in [0.29, 0.717) is 16.4 Å². The van der Waals surface area contributed by atoms with Crippen molar-refractivity contribution in [3.63, 3.8) is 0 Å². The third-order valence-corrected chi connectivity index (χ3v) is 3.56. The van der Waals surface area contributed by atoms with Crippen molar-refractivity contribution in [3.8, 4) is 0 Å². The predicted octanol–water partition coefficient (Wildman–Crippen LogP) is 3.26. The minimum absolute atomic E-state index is 0.177. The zero-order valence-electron chi connectivity index (χ0n) is 8.06. The summed E-state index contributed by atoms with van der Waals surface area (Å²) in [4.78, 5) is 0. The molecule has 0 amide bonds. The molecular weight excluding hydrogens is 245 g/mol. The topological polar surface area (TPSA) is 12.0 Å². The van der Waals surface area contributed by atoms with Gasteiger partial charge in [0.2, 0.25) is 0 Å². The van der Waals surface area contributed by atoms with Crippen LogP contribution in [0.4, 0.5) is 4.39 Å². The highest BCUT2D eigenvalue weighted by Crippen LogP contribution is 2.42. The van der Waals surface area contributed by atoms with Crippen LogP contribution < -0.4 is 5.32 Å². The SMILES string of the molecule is CNC(c1cccc(F)c1Br)C1CC1. The second-order valence-electron chi connectivity index (χ2n) is 3.75. The first-order chi connectivity index (χ1) is 6.74. The van der Waals surface area contributed by atoms with Gasteiger partial charge in [-0.15, -0.1) is 0 Å². The molecule has 0 aromatic heterocycles. The van der Waals surface area contributed by atoms with E-state index in [9.17, 15) is 4.39 Å². The lowest BCUT2D eigenvalue weighted by Crippen LogP contribution is -2.18. The van der Waals surface area contributed by atoms with Crippen LogP contribution in [-0.4, -0.2) is 7.05 Å². The van der Waals surface area contributed by atoms with Gasteiger partial charge in [0.05, 0.1) is 4.47 Å². The Morgan fingerprint density at radius 1 is 1.50 bits per heavy atom. The van der Waals surface area contributed by atoms with E-state index in [2.05, 4.69) is 21.2 Å². The van der Waals surface area contributed by atoms with E-state index in [1.54, 1.807) is 6.07 Å². The van der Waals surface area contributed by atoms with E-state index in [0.717, 1.165) is 5.56 Å². The molecule has 0 radical (unpaired) electrons. The van der Waals surface area contributed by atoms with Gasteiger partial charge in [-0.1, -0.05) is 12.1 Å². The molecule has 0 heterocycles. The Kier molecular flexibility index (Phi) is 2.88. The van der Waals surface area contributed by atoms with Crippen LogP contribution in [0.5, 0.6) is 0 Å². The van der Waals surface area contributed by atoms with Gasteiger partial charge in [-0.05, 0) is 53.4 Å². The number of rotatable bonds is 3. The Hall–Kier alpha value is -0.410. The van der Waals surface area contributed by atoms with Crippen LogP contribution in [0.1, 0.15) is 24.4 Å². The van der Waals surface area contributed by atoms with Crippen LogP contribution in [0, 0.1) is 11.7 Å². The molecule has 1 aliphatic carbocycles. The standard InChI is InChI=1S/C11H13BrFN/c1-14-11(7-5-6-7)8-3-2-4-9(13)10(8)12/h2-4,7,11,14H,5-6H2,1H3. The summed E-state index contributed by atoms with van der Waals surface area (Å²) >= 11 is 3.30. The van der Waals surface area contributed by atoms with Crippen molar-refractivity contribution in [2.45, 2.75) is 18.9 Å². The van der Waals surface area contributed by atoms with Gasteiger partial charge in [0, 0.05) is 6.04 Å². The van der Waals surface area contributed by atoms with Crippen LogP contribution in [0.3, 0.4) is 0 Å². The molecule has 1 aromatic rings. The molecule has 76 valence electrons. The first-order valence-electron chi connectivity index (χ1n) is 4.85. The summed E-state index contributed by atoms with van der Waals surface area (Å²) in [6, 6.07) is 5.52. The highest BCUT2D eigenvalue weighted by molar-refractivity contribution is 9.10. The van der Waals surface area contributed by atoms with Crippen molar-refractivity contribution in [1.29, 1.82) is 0 Å². The van der Waals surface area contributed by atoms with Gasteiger partial charge >= 0.3 is 0 Å².